The summed E-state index contributed by atoms with van der Waals surface area (Å²) < 4.78 is 4.49. The van der Waals surface area contributed by atoms with Gasteiger partial charge in [0.2, 0.25) is 0 Å². The second kappa shape index (κ2) is 8.34. The molecule has 1 atom stereocenters. The van der Waals surface area contributed by atoms with Crippen LogP contribution in [0.1, 0.15) is 20.3 Å². The third kappa shape index (κ3) is 6.08. The number of carboxylic acid groups (broad SMARTS) is 1. The van der Waals surface area contributed by atoms with Crippen molar-refractivity contribution in [2.45, 2.75) is 20.3 Å². The first-order chi connectivity index (χ1) is 8.83. The minimum atomic E-state index is -0.941. The molecule has 7 heteroatoms. The number of rotatable bonds is 7. The molecule has 0 saturated heterocycles. The van der Waals surface area contributed by atoms with Crippen molar-refractivity contribution in [3.05, 3.63) is 0 Å². The van der Waals surface area contributed by atoms with Crippen LogP contribution in [0.3, 0.4) is 0 Å². The quantitative estimate of drug-likeness (QED) is 0.688. The van der Waals surface area contributed by atoms with Crippen molar-refractivity contribution in [3.63, 3.8) is 0 Å². The van der Waals surface area contributed by atoms with Crippen LogP contribution in [0.15, 0.2) is 0 Å². The van der Waals surface area contributed by atoms with E-state index in [1.165, 1.54) is 16.9 Å². The highest BCUT2D eigenvalue weighted by Gasteiger charge is 2.22. The lowest BCUT2D eigenvalue weighted by Crippen LogP contribution is -2.44. The zero-order chi connectivity index (χ0) is 15.0. The molecule has 0 aliphatic heterocycles. The minimum absolute atomic E-state index is 0.116. The van der Waals surface area contributed by atoms with E-state index in [9.17, 15) is 14.4 Å². The summed E-state index contributed by atoms with van der Waals surface area (Å²) in [6, 6.07) is -0.292. The summed E-state index contributed by atoms with van der Waals surface area (Å²) in [7, 11) is 2.86. The van der Waals surface area contributed by atoms with Crippen LogP contribution in [0, 0.1) is 5.92 Å². The number of urea groups is 1. The topological polar surface area (TPSA) is 87.2 Å². The molecule has 0 radical (unpaired) electrons. The van der Waals surface area contributed by atoms with Gasteiger partial charge in [0, 0.05) is 26.7 Å². The molecule has 0 heterocycles. The third-order valence-electron chi connectivity index (χ3n) is 2.77. The first-order valence-corrected chi connectivity index (χ1v) is 6.13. The Bertz CT molecular complexity index is 332. The van der Waals surface area contributed by atoms with Crippen molar-refractivity contribution in [2.24, 2.45) is 5.92 Å². The van der Waals surface area contributed by atoms with Gasteiger partial charge in [-0.1, -0.05) is 6.92 Å². The second-order valence-corrected chi connectivity index (χ2v) is 4.31. The van der Waals surface area contributed by atoms with Crippen LogP contribution in [0.2, 0.25) is 0 Å². The number of esters is 1. The number of nitrogens with zero attached hydrogens (tertiary/aromatic N) is 2. The van der Waals surface area contributed by atoms with Gasteiger partial charge in [-0.05, 0) is 6.92 Å². The zero-order valence-corrected chi connectivity index (χ0v) is 11.9. The van der Waals surface area contributed by atoms with E-state index in [1.807, 2.05) is 0 Å². The molecule has 0 aliphatic carbocycles. The highest BCUT2D eigenvalue weighted by molar-refractivity contribution is 5.77. The largest absolute Gasteiger partial charge is 0.481 e. The number of ether oxygens (including phenoxy) is 1. The van der Waals surface area contributed by atoms with Gasteiger partial charge in [-0.3, -0.25) is 9.59 Å². The average molecular weight is 274 g/mol. The molecular weight excluding hydrogens is 252 g/mol. The van der Waals surface area contributed by atoms with Crippen LogP contribution in [0.4, 0.5) is 4.79 Å². The van der Waals surface area contributed by atoms with E-state index in [0.717, 1.165) is 0 Å². The van der Waals surface area contributed by atoms with Crippen molar-refractivity contribution < 1.29 is 24.2 Å². The Labute approximate surface area is 113 Å². The molecule has 0 bridgehead atoms. The van der Waals surface area contributed by atoms with E-state index in [0.29, 0.717) is 6.54 Å². The molecule has 0 aromatic heterocycles. The molecule has 19 heavy (non-hydrogen) atoms. The van der Waals surface area contributed by atoms with Gasteiger partial charge in [-0.15, -0.1) is 0 Å². The fourth-order valence-electron chi connectivity index (χ4n) is 1.45. The summed E-state index contributed by atoms with van der Waals surface area (Å²) >= 11 is 0. The molecule has 110 valence electrons. The molecule has 0 aromatic carbocycles. The average Bonchev–Trinajstić information content (AvgIpc) is 2.40. The lowest BCUT2D eigenvalue weighted by Gasteiger charge is -2.28. The van der Waals surface area contributed by atoms with Crippen LogP contribution in [-0.2, 0) is 14.3 Å². The molecule has 0 aromatic rings. The Morgan fingerprint density at radius 2 is 1.89 bits per heavy atom. The lowest BCUT2D eigenvalue weighted by atomic mass is 10.2. The number of methoxy groups -OCH3 is 1. The van der Waals surface area contributed by atoms with E-state index in [-0.39, 0.29) is 31.5 Å². The fraction of sp³-hybridized carbons (Fsp3) is 0.750. The molecule has 1 N–H and O–H groups in total. The SMILES string of the molecule is CCN(CC(C)C(=O)O)C(=O)N(C)CCC(=O)OC. The maximum Gasteiger partial charge on any atom is 0.319 e. The standard InChI is InChI=1S/C12H22N2O5/c1-5-14(8-9(2)11(16)17)12(18)13(3)7-6-10(15)19-4/h9H,5-8H2,1-4H3,(H,16,17). The molecule has 7 nitrogen and oxygen atoms in total. The fourth-order valence-corrected chi connectivity index (χ4v) is 1.45. The Hall–Kier alpha value is -1.79. The maximum atomic E-state index is 12.0. The van der Waals surface area contributed by atoms with Gasteiger partial charge in [0.1, 0.15) is 0 Å². The van der Waals surface area contributed by atoms with Crippen LogP contribution in [0.5, 0.6) is 0 Å². The van der Waals surface area contributed by atoms with Crippen LogP contribution in [-0.4, -0.2) is 66.7 Å². The van der Waals surface area contributed by atoms with Crippen LogP contribution < -0.4 is 0 Å². The van der Waals surface area contributed by atoms with E-state index in [2.05, 4.69) is 4.74 Å². The highest BCUT2D eigenvalue weighted by atomic mass is 16.5. The monoisotopic (exact) mass is 274 g/mol. The van der Waals surface area contributed by atoms with Crippen LogP contribution >= 0.6 is 0 Å². The number of hydrogen-bond donors (Lipinski definition) is 1. The van der Waals surface area contributed by atoms with Gasteiger partial charge in [-0.2, -0.15) is 0 Å². The molecular formula is C12H22N2O5. The zero-order valence-electron chi connectivity index (χ0n) is 11.9. The van der Waals surface area contributed by atoms with Crippen molar-refractivity contribution in [2.75, 3.05) is 33.8 Å². The molecule has 0 fully saturated rings. The predicted octanol–water partition coefficient (Wildman–Crippen LogP) is 0.644. The first-order valence-electron chi connectivity index (χ1n) is 6.13. The van der Waals surface area contributed by atoms with Gasteiger partial charge < -0.3 is 19.6 Å². The summed E-state index contributed by atoms with van der Waals surface area (Å²) in [4.78, 5) is 36.6. The van der Waals surface area contributed by atoms with Crippen molar-refractivity contribution in [3.8, 4) is 0 Å². The van der Waals surface area contributed by atoms with Crippen molar-refractivity contribution in [1.82, 2.24) is 9.80 Å². The number of carbonyl (C=O) groups is 3. The third-order valence-corrected chi connectivity index (χ3v) is 2.77. The molecule has 0 saturated carbocycles. The summed E-state index contributed by atoms with van der Waals surface area (Å²) in [5, 5.41) is 8.84. The van der Waals surface area contributed by atoms with E-state index in [4.69, 9.17) is 5.11 Å². The number of hydrogen-bond acceptors (Lipinski definition) is 4. The number of amides is 2. The van der Waals surface area contributed by atoms with Gasteiger partial charge in [0.15, 0.2) is 0 Å². The van der Waals surface area contributed by atoms with Crippen molar-refractivity contribution >= 4 is 18.0 Å². The molecule has 2 amide bonds. The van der Waals surface area contributed by atoms with E-state index >= 15 is 0 Å². The normalized spacial score (nSPS) is 11.6. The summed E-state index contributed by atoms with van der Waals surface area (Å²) in [5.74, 6) is -1.96. The number of carbonyl (C=O) groups excluding carboxylic acids is 2. The smallest absolute Gasteiger partial charge is 0.319 e. The van der Waals surface area contributed by atoms with Crippen LogP contribution in [0.25, 0.3) is 0 Å². The Balaban J connectivity index is 4.40. The predicted molar refractivity (Wildman–Crippen MR) is 68.7 cm³/mol. The Morgan fingerprint density at radius 3 is 2.32 bits per heavy atom. The second-order valence-electron chi connectivity index (χ2n) is 4.31. The minimum Gasteiger partial charge on any atom is -0.481 e. The molecule has 1 unspecified atom stereocenters. The van der Waals surface area contributed by atoms with Gasteiger partial charge >= 0.3 is 18.0 Å². The Kier molecular flexibility index (Phi) is 7.55. The summed E-state index contributed by atoms with van der Waals surface area (Å²) in [6.45, 7) is 4.13. The lowest BCUT2D eigenvalue weighted by molar-refractivity contribution is -0.141. The van der Waals surface area contributed by atoms with E-state index < -0.39 is 11.9 Å². The highest BCUT2D eigenvalue weighted by Crippen LogP contribution is 2.04. The van der Waals surface area contributed by atoms with Gasteiger partial charge in [-0.25, -0.2) is 4.79 Å². The number of carboxylic acids is 1. The molecule has 0 spiro atoms. The summed E-state index contributed by atoms with van der Waals surface area (Å²) in [6.07, 6.45) is 0.116. The first kappa shape index (κ1) is 17.2. The van der Waals surface area contributed by atoms with Crippen molar-refractivity contribution in [1.29, 1.82) is 0 Å². The summed E-state index contributed by atoms with van der Waals surface area (Å²) in [5.41, 5.74) is 0. The van der Waals surface area contributed by atoms with E-state index in [1.54, 1.807) is 20.9 Å². The number of aliphatic carboxylic acids is 1. The molecule has 0 rings (SSSR count). The van der Waals surface area contributed by atoms with Gasteiger partial charge in [0.05, 0.1) is 19.4 Å². The Morgan fingerprint density at radius 1 is 1.32 bits per heavy atom. The van der Waals surface area contributed by atoms with Gasteiger partial charge in [0.25, 0.3) is 0 Å². The maximum absolute atomic E-state index is 12.0. The molecule has 0 aliphatic rings.